The summed E-state index contributed by atoms with van der Waals surface area (Å²) < 4.78 is 2.35. The predicted octanol–water partition coefficient (Wildman–Crippen LogP) is 1.26. The molecule has 0 saturated heterocycles. The minimum atomic E-state index is -0.470. The quantitative estimate of drug-likeness (QED) is 0.672. The Balaban J connectivity index is 1.75. The molecule has 146 valence electrons. The van der Waals surface area contributed by atoms with Crippen molar-refractivity contribution in [3.63, 3.8) is 0 Å². The van der Waals surface area contributed by atoms with Gasteiger partial charge in [-0.05, 0) is 38.5 Å². The Morgan fingerprint density at radius 3 is 2.50 bits per heavy atom. The summed E-state index contributed by atoms with van der Waals surface area (Å²) >= 11 is 0. The zero-order valence-electron chi connectivity index (χ0n) is 16.1. The van der Waals surface area contributed by atoms with Crippen molar-refractivity contribution in [2.75, 3.05) is 0 Å². The van der Waals surface area contributed by atoms with Crippen LogP contribution in [-0.2, 0) is 17.9 Å². The first kappa shape index (κ1) is 19.3. The number of nitrogens with one attached hydrogen (secondary N) is 2. The normalized spacial score (nSPS) is 11.0. The van der Waals surface area contributed by atoms with Crippen molar-refractivity contribution in [1.29, 1.82) is 0 Å². The van der Waals surface area contributed by atoms with Crippen LogP contribution in [-0.4, -0.2) is 32.0 Å². The highest BCUT2D eigenvalue weighted by atomic mass is 16.2. The number of nitrogens with zero attached hydrogens (tertiary/aromatic N) is 3. The maximum atomic E-state index is 12.5. The van der Waals surface area contributed by atoms with Crippen LogP contribution in [0.4, 0.5) is 0 Å². The fraction of sp³-hybridized carbons (Fsp3) is 0.300. The van der Waals surface area contributed by atoms with Gasteiger partial charge < -0.3 is 10.6 Å². The molecule has 3 aromatic rings. The fourth-order valence-electron chi connectivity index (χ4n) is 2.75. The summed E-state index contributed by atoms with van der Waals surface area (Å²) in [4.78, 5) is 36.8. The van der Waals surface area contributed by atoms with Crippen molar-refractivity contribution in [2.45, 2.75) is 39.9 Å². The minimum Gasteiger partial charge on any atom is -0.352 e. The molecule has 0 bridgehead atoms. The molecular formula is C20H23N5O3. The minimum absolute atomic E-state index is 0.0240. The number of pyridine rings is 1. The molecule has 0 radical (unpaired) electrons. The maximum absolute atomic E-state index is 12.5. The Labute approximate surface area is 162 Å². The van der Waals surface area contributed by atoms with Crippen LogP contribution in [0, 0.1) is 6.92 Å². The van der Waals surface area contributed by atoms with Gasteiger partial charge in [0, 0.05) is 18.8 Å². The van der Waals surface area contributed by atoms with Crippen molar-refractivity contribution in [1.82, 2.24) is 24.8 Å². The lowest BCUT2D eigenvalue weighted by Gasteiger charge is -2.06. The van der Waals surface area contributed by atoms with Crippen molar-refractivity contribution >= 4 is 17.5 Å². The van der Waals surface area contributed by atoms with Crippen molar-refractivity contribution in [2.24, 2.45) is 0 Å². The molecule has 28 heavy (non-hydrogen) atoms. The number of carbonyl (C=O) groups excluding carboxylic acids is 2. The summed E-state index contributed by atoms with van der Waals surface area (Å²) in [5.74, 6) is -0.587. The van der Waals surface area contributed by atoms with Crippen LogP contribution in [0.1, 0.15) is 35.3 Å². The molecule has 2 heterocycles. The molecule has 2 amide bonds. The van der Waals surface area contributed by atoms with Crippen LogP contribution >= 0.6 is 0 Å². The van der Waals surface area contributed by atoms with Gasteiger partial charge in [-0.3, -0.25) is 9.59 Å². The predicted molar refractivity (Wildman–Crippen MR) is 105 cm³/mol. The molecule has 8 heteroatoms. The summed E-state index contributed by atoms with van der Waals surface area (Å²) in [7, 11) is 0. The summed E-state index contributed by atoms with van der Waals surface area (Å²) in [5.41, 5.74) is 2.38. The zero-order valence-corrected chi connectivity index (χ0v) is 16.1. The smallest absolute Gasteiger partial charge is 0.350 e. The number of benzene rings is 1. The monoisotopic (exact) mass is 381 g/mol. The number of rotatable bonds is 6. The second-order valence-corrected chi connectivity index (χ2v) is 6.98. The lowest BCUT2D eigenvalue weighted by Crippen LogP contribution is -2.36. The van der Waals surface area contributed by atoms with Crippen LogP contribution in [0.5, 0.6) is 0 Å². The average molecular weight is 381 g/mol. The van der Waals surface area contributed by atoms with E-state index in [0.29, 0.717) is 17.8 Å². The highest BCUT2D eigenvalue weighted by Crippen LogP contribution is 2.05. The number of aryl methyl sites for hydroxylation is 1. The summed E-state index contributed by atoms with van der Waals surface area (Å²) in [6, 6.07) is 11.0. The number of fused-ring (bicyclic) bond motifs is 1. The number of aromatic nitrogens is 3. The van der Waals surface area contributed by atoms with E-state index in [1.54, 1.807) is 12.1 Å². The van der Waals surface area contributed by atoms with Crippen molar-refractivity contribution in [3.8, 4) is 0 Å². The molecule has 3 rings (SSSR count). The van der Waals surface area contributed by atoms with E-state index >= 15 is 0 Å². The Hall–Kier alpha value is -3.42. The van der Waals surface area contributed by atoms with Gasteiger partial charge >= 0.3 is 5.69 Å². The van der Waals surface area contributed by atoms with Gasteiger partial charge in [-0.25, -0.2) is 13.9 Å². The van der Waals surface area contributed by atoms with E-state index in [9.17, 15) is 14.4 Å². The lowest BCUT2D eigenvalue weighted by molar-refractivity contribution is -0.122. The highest BCUT2D eigenvalue weighted by molar-refractivity contribution is 5.94. The third-order valence-corrected chi connectivity index (χ3v) is 4.16. The van der Waals surface area contributed by atoms with E-state index in [-0.39, 0.29) is 24.4 Å². The van der Waals surface area contributed by atoms with E-state index < -0.39 is 5.69 Å². The lowest BCUT2D eigenvalue weighted by atomic mass is 10.1. The van der Waals surface area contributed by atoms with E-state index in [1.165, 1.54) is 10.6 Å². The van der Waals surface area contributed by atoms with E-state index in [0.717, 1.165) is 15.8 Å². The molecule has 2 aromatic heterocycles. The first-order valence-electron chi connectivity index (χ1n) is 9.06. The molecule has 0 saturated carbocycles. The maximum Gasteiger partial charge on any atom is 0.350 e. The average Bonchev–Trinajstić information content (AvgIpc) is 2.95. The molecule has 2 N–H and O–H groups in total. The van der Waals surface area contributed by atoms with Gasteiger partial charge in [0.05, 0.1) is 5.56 Å². The van der Waals surface area contributed by atoms with Crippen LogP contribution in [0.3, 0.4) is 0 Å². The van der Waals surface area contributed by atoms with Gasteiger partial charge in [0.25, 0.3) is 5.91 Å². The molecule has 0 spiro atoms. The second kappa shape index (κ2) is 8.08. The largest absolute Gasteiger partial charge is 0.352 e. The molecule has 0 aliphatic heterocycles. The molecule has 0 aliphatic carbocycles. The van der Waals surface area contributed by atoms with E-state index in [1.807, 2.05) is 45.0 Å². The van der Waals surface area contributed by atoms with Gasteiger partial charge in [0.2, 0.25) is 5.91 Å². The van der Waals surface area contributed by atoms with Gasteiger partial charge in [0.1, 0.15) is 6.54 Å². The van der Waals surface area contributed by atoms with Crippen molar-refractivity contribution in [3.05, 3.63) is 69.8 Å². The standard InChI is InChI=1S/C20H23N5O3/c1-13(2)22-18(26)12-25-20(28)24-11-16(8-9-17(24)23-25)19(27)21-10-15-6-4-14(3)5-7-15/h4-9,11,13H,10,12H2,1-3H3,(H,21,27)(H,22,26). The third-order valence-electron chi connectivity index (χ3n) is 4.16. The van der Waals surface area contributed by atoms with Crippen LogP contribution in [0.2, 0.25) is 0 Å². The number of amides is 2. The Kier molecular flexibility index (Phi) is 5.58. The molecule has 0 unspecified atom stereocenters. The molecule has 8 nitrogen and oxygen atoms in total. The van der Waals surface area contributed by atoms with Crippen molar-refractivity contribution < 1.29 is 9.59 Å². The Morgan fingerprint density at radius 2 is 1.82 bits per heavy atom. The molecule has 0 aliphatic rings. The SMILES string of the molecule is Cc1ccc(CNC(=O)c2ccc3nn(CC(=O)NC(C)C)c(=O)n3c2)cc1. The summed E-state index contributed by atoms with van der Waals surface area (Å²) in [6.45, 7) is 5.90. The molecule has 0 fully saturated rings. The highest BCUT2D eigenvalue weighted by Gasteiger charge is 2.13. The van der Waals surface area contributed by atoms with Crippen LogP contribution in [0.25, 0.3) is 5.65 Å². The molecule has 0 atom stereocenters. The fourth-order valence-corrected chi connectivity index (χ4v) is 2.75. The van der Waals surface area contributed by atoms with Gasteiger partial charge in [0.15, 0.2) is 5.65 Å². The van der Waals surface area contributed by atoms with E-state index in [4.69, 9.17) is 0 Å². The number of hydrogen-bond acceptors (Lipinski definition) is 4. The first-order valence-corrected chi connectivity index (χ1v) is 9.06. The van der Waals surface area contributed by atoms with Crippen LogP contribution < -0.4 is 16.3 Å². The van der Waals surface area contributed by atoms with Gasteiger partial charge in [-0.1, -0.05) is 29.8 Å². The summed E-state index contributed by atoms with van der Waals surface area (Å²) in [5, 5.41) is 9.69. The van der Waals surface area contributed by atoms with Gasteiger partial charge in [-0.15, -0.1) is 5.10 Å². The number of carbonyl (C=O) groups is 2. The molecular weight excluding hydrogens is 358 g/mol. The van der Waals surface area contributed by atoms with Crippen LogP contribution in [0.15, 0.2) is 47.4 Å². The Bertz CT molecular complexity index is 1060. The first-order chi connectivity index (χ1) is 13.3. The van der Waals surface area contributed by atoms with E-state index in [2.05, 4.69) is 15.7 Å². The zero-order chi connectivity index (χ0) is 20.3. The Morgan fingerprint density at radius 1 is 1.11 bits per heavy atom. The topological polar surface area (TPSA) is 97.5 Å². The summed E-state index contributed by atoms with van der Waals surface area (Å²) in [6.07, 6.45) is 1.44. The molecule has 1 aromatic carbocycles. The van der Waals surface area contributed by atoms with Gasteiger partial charge in [-0.2, -0.15) is 0 Å². The third kappa shape index (κ3) is 4.46. The second-order valence-electron chi connectivity index (χ2n) is 6.98. The number of hydrogen-bond donors (Lipinski definition) is 2.